The number of unbranched alkanes of at least 4 members (excludes halogenated alkanes) is 3. The van der Waals surface area contributed by atoms with E-state index in [1.807, 2.05) is 13.8 Å². The highest BCUT2D eigenvalue weighted by Gasteiger charge is 2.80. The molecule has 202 valence electrons. The van der Waals surface area contributed by atoms with Crippen molar-refractivity contribution >= 4 is 17.8 Å². The molecule has 1 spiro atoms. The third-order valence-corrected chi connectivity index (χ3v) is 8.47. The molecular weight excluding hydrogens is 460 g/mol. The topological polar surface area (TPSA) is 96.4 Å². The van der Waals surface area contributed by atoms with Crippen LogP contribution < -0.4 is 0 Å². The monoisotopic (exact) mass is 504 g/mol. The predicted octanol–water partition coefficient (Wildman–Crippen LogP) is 3.09. The van der Waals surface area contributed by atoms with Gasteiger partial charge >= 0.3 is 5.97 Å². The summed E-state index contributed by atoms with van der Waals surface area (Å²) in [6.07, 6.45) is 8.18. The summed E-state index contributed by atoms with van der Waals surface area (Å²) < 4.78 is 12.3. The van der Waals surface area contributed by atoms with Crippen molar-refractivity contribution in [2.24, 2.45) is 17.8 Å². The molecule has 3 unspecified atom stereocenters. The molecule has 7 atom stereocenters. The molecule has 3 saturated heterocycles. The quantitative estimate of drug-likeness (QED) is 0.222. The van der Waals surface area contributed by atoms with Crippen LogP contribution in [0.4, 0.5) is 0 Å². The lowest BCUT2D eigenvalue weighted by molar-refractivity contribution is -0.163. The number of aliphatic hydroxyl groups is 1. The van der Waals surface area contributed by atoms with Gasteiger partial charge in [-0.25, -0.2) is 0 Å². The van der Waals surface area contributed by atoms with Crippen LogP contribution in [-0.4, -0.2) is 82.3 Å². The second kappa shape index (κ2) is 11.5. The van der Waals surface area contributed by atoms with E-state index in [2.05, 4.69) is 20.1 Å². The lowest BCUT2D eigenvalue weighted by Gasteiger charge is -2.38. The second-order valence-corrected chi connectivity index (χ2v) is 10.9. The molecule has 0 aromatic rings. The van der Waals surface area contributed by atoms with Gasteiger partial charge in [-0.2, -0.15) is 0 Å². The highest BCUT2D eigenvalue weighted by atomic mass is 16.6. The summed E-state index contributed by atoms with van der Waals surface area (Å²) in [4.78, 5) is 44.8. The number of esters is 1. The lowest BCUT2D eigenvalue weighted by atomic mass is 9.62. The molecule has 3 fully saturated rings. The smallest absolute Gasteiger partial charge is 0.312 e. The number of hydrogen-bond acceptors (Lipinski definition) is 6. The molecule has 8 heteroatoms. The van der Waals surface area contributed by atoms with E-state index in [-0.39, 0.29) is 30.9 Å². The molecule has 2 bridgehead atoms. The molecule has 0 aromatic heterocycles. The minimum Gasteiger partial charge on any atom is -0.465 e. The molecule has 0 aliphatic carbocycles. The lowest BCUT2D eigenvalue weighted by Crippen LogP contribution is -2.58. The van der Waals surface area contributed by atoms with Crippen molar-refractivity contribution < 1.29 is 29.0 Å². The second-order valence-electron chi connectivity index (χ2n) is 10.9. The Bertz CT molecular complexity index is 861. The van der Waals surface area contributed by atoms with Gasteiger partial charge in [0.1, 0.15) is 17.6 Å². The number of hydrogen-bond donors (Lipinski definition) is 1. The summed E-state index contributed by atoms with van der Waals surface area (Å²) in [5.41, 5.74) is -2.05. The first-order valence-corrected chi connectivity index (χ1v) is 13.4. The van der Waals surface area contributed by atoms with Crippen LogP contribution in [0.5, 0.6) is 0 Å². The number of carbonyl (C=O) groups excluding carboxylic acids is 3. The van der Waals surface area contributed by atoms with E-state index in [1.165, 1.54) is 4.90 Å². The Morgan fingerprint density at radius 3 is 2.64 bits per heavy atom. The zero-order chi connectivity index (χ0) is 26.7. The van der Waals surface area contributed by atoms with Crippen molar-refractivity contribution in [1.82, 2.24) is 9.80 Å². The van der Waals surface area contributed by atoms with Gasteiger partial charge < -0.3 is 24.4 Å². The van der Waals surface area contributed by atoms with Crippen LogP contribution in [0.3, 0.4) is 0 Å². The van der Waals surface area contributed by atoms with E-state index in [1.54, 1.807) is 24.0 Å². The van der Waals surface area contributed by atoms with Crippen LogP contribution in [0.2, 0.25) is 0 Å². The molecule has 3 heterocycles. The van der Waals surface area contributed by atoms with Gasteiger partial charge in [-0.15, -0.1) is 13.2 Å². The van der Waals surface area contributed by atoms with Crippen LogP contribution >= 0.6 is 0 Å². The first-order chi connectivity index (χ1) is 17.1. The summed E-state index contributed by atoms with van der Waals surface area (Å²) in [6, 6.07) is -1.51. The van der Waals surface area contributed by atoms with E-state index in [9.17, 15) is 19.5 Å². The highest BCUT2D eigenvalue weighted by molar-refractivity contribution is 5.98. The normalized spacial score (nSPS) is 33.4. The van der Waals surface area contributed by atoms with Gasteiger partial charge in [-0.3, -0.25) is 14.4 Å². The minimum absolute atomic E-state index is 0.0556. The fraction of sp³-hybridized carbons (Fsp3) is 0.750. The van der Waals surface area contributed by atoms with Crippen LogP contribution in [-0.2, 0) is 23.9 Å². The van der Waals surface area contributed by atoms with E-state index >= 15 is 0 Å². The highest BCUT2D eigenvalue weighted by Crippen LogP contribution is 2.65. The third-order valence-electron chi connectivity index (χ3n) is 8.47. The van der Waals surface area contributed by atoms with Crippen molar-refractivity contribution in [1.29, 1.82) is 0 Å². The summed E-state index contributed by atoms with van der Waals surface area (Å²) >= 11 is 0. The first-order valence-electron chi connectivity index (χ1n) is 13.4. The Morgan fingerprint density at radius 1 is 1.31 bits per heavy atom. The summed E-state index contributed by atoms with van der Waals surface area (Å²) in [6.45, 7) is 16.1. The standard InChI is InChI=1S/C28H44N2O6/c1-7-10-12-15-29(14-9-3)25(33)23-28-17-19(4)27(6,36-28)22(26(34)35-16-13-11-8-2)21(28)24(32)30(23)20(5)18-31/h8-9,19-23,31H,2-3,7,10-18H2,1,4-6H3/t19?,20-,21+,22-,23?,27+,28?/m1/s1. The molecule has 8 nitrogen and oxygen atoms in total. The SMILES string of the molecule is C=CCCCOC(=O)[C@H]1[C@H]2C(=O)N([C@H](C)CO)C(C(=O)N(CC=C)CCCCC)C23CC(C)[C@]1(C)O3. The van der Waals surface area contributed by atoms with Gasteiger partial charge in [-0.1, -0.05) is 38.8 Å². The molecule has 36 heavy (non-hydrogen) atoms. The number of aliphatic hydroxyl groups excluding tert-OH is 1. The van der Waals surface area contributed by atoms with Crippen LogP contribution in [0.1, 0.15) is 66.2 Å². The van der Waals surface area contributed by atoms with E-state index < -0.39 is 41.1 Å². The summed E-state index contributed by atoms with van der Waals surface area (Å²) in [5.74, 6) is -2.67. The van der Waals surface area contributed by atoms with Crippen molar-refractivity contribution in [2.75, 3.05) is 26.3 Å². The fourth-order valence-corrected chi connectivity index (χ4v) is 6.54. The molecule has 3 aliphatic rings. The van der Waals surface area contributed by atoms with Crippen molar-refractivity contribution in [3.05, 3.63) is 25.3 Å². The van der Waals surface area contributed by atoms with Gasteiger partial charge in [-0.05, 0) is 45.4 Å². The Hall–Kier alpha value is -2.19. The molecular formula is C28H44N2O6. The molecule has 1 N–H and O–H groups in total. The first kappa shape index (κ1) is 28.4. The van der Waals surface area contributed by atoms with Crippen molar-refractivity contribution in [2.45, 2.75) is 89.5 Å². The van der Waals surface area contributed by atoms with E-state index in [4.69, 9.17) is 9.47 Å². The molecule has 0 aromatic carbocycles. The zero-order valence-corrected chi connectivity index (χ0v) is 22.4. The Balaban J connectivity index is 2.01. The number of likely N-dealkylation sites (tertiary alicyclic amines) is 1. The number of allylic oxidation sites excluding steroid dienone is 1. The molecule has 3 aliphatic heterocycles. The maximum Gasteiger partial charge on any atom is 0.312 e. The van der Waals surface area contributed by atoms with Gasteiger partial charge in [0.15, 0.2) is 0 Å². The minimum atomic E-state index is -1.14. The third kappa shape index (κ3) is 4.62. The van der Waals surface area contributed by atoms with E-state index in [0.29, 0.717) is 25.9 Å². The number of rotatable bonds is 14. The van der Waals surface area contributed by atoms with Crippen LogP contribution in [0, 0.1) is 17.8 Å². The summed E-state index contributed by atoms with van der Waals surface area (Å²) in [5, 5.41) is 10.0. The maximum atomic E-state index is 14.2. The molecule has 0 saturated carbocycles. The van der Waals surface area contributed by atoms with Gasteiger partial charge in [0.25, 0.3) is 0 Å². The van der Waals surface area contributed by atoms with Crippen molar-refractivity contribution in [3.8, 4) is 0 Å². The van der Waals surface area contributed by atoms with Gasteiger partial charge in [0.2, 0.25) is 11.8 Å². The number of fused-ring (bicyclic) bond motifs is 1. The molecule has 0 radical (unpaired) electrons. The maximum absolute atomic E-state index is 14.2. The number of ether oxygens (including phenoxy) is 2. The van der Waals surface area contributed by atoms with Crippen molar-refractivity contribution in [3.63, 3.8) is 0 Å². The predicted molar refractivity (Wildman–Crippen MR) is 137 cm³/mol. The molecule has 3 rings (SSSR count). The van der Waals surface area contributed by atoms with Gasteiger partial charge in [0.05, 0.1) is 30.8 Å². The van der Waals surface area contributed by atoms with Crippen LogP contribution in [0.15, 0.2) is 25.3 Å². The Labute approximate surface area is 215 Å². The van der Waals surface area contributed by atoms with E-state index in [0.717, 1.165) is 25.7 Å². The average molecular weight is 505 g/mol. The zero-order valence-electron chi connectivity index (χ0n) is 22.4. The Kier molecular flexibility index (Phi) is 9.04. The Morgan fingerprint density at radius 2 is 2.03 bits per heavy atom. The van der Waals surface area contributed by atoms with Gasteiger partial charge in [0, 0.05) is 13.1 Å². The summed E-state index contributed by atoms with van der Waals surface area (Å²) in [7, 11) is 0. The number of nitrogens with zero attached hydrogens (tertiary/aromatic N) is 2. The largest absolute Gasteiger partial charge is 0.465 e. The fourth-order valence-electron chi connectivity index (χ4n) is 6.54. The number of amides is 2. The molecule has 2 amide bonds. The average Bonchev–Trinajstić information content (AvgIpc) is 3.37. The number of carbonyl (C=O) groups is 3. The van der Waals surface area contributed by atoms with Crippen LogP contribution in [0.25, 0.3) is 0 Å².